The lowest BCUT2D eigenvalue weighted by atomic mass is 9.68. The molecule has 4 aromatic rings. The van der Waals surface area contributed by atoms with Gasteiger partial charge in [0, 0.05) is 23.7 Å². The first-order chi connectivity index (χ1) is 15.5. The highest BCUT2D eigenvalue weighted by atomic mass is 16.1. The molecule has 0 aromatic heterocycles. The highest BCUT2D eigenvalue weighted by Crippen LogP contribution is 2.40. The molecule has 4 aromatic carbocycles. The van der Waals surface area contributed by atoms with Crippen molar-refractivity contribution in [3.05, 3.63) is 144 Å². The summed E-state index contributed by atoms with van der Waals surface area (Å²) in [6.45, 7) is 4.38. The van der Waals surface area contributed by atoms with Crippen LogP contribution < -0.4 is 0 Å². The molecule has 0 saturated heterocycles. The summed E-state index contributed by atoms with van der Waals surface area (Å²) in [5, 5.41) is 0. The van der Waals surface area contributed by atoms with Crippen molar-refractivity contribution in [2.75, 3.05) is 0 Å². The van der Waals surface area contributed by atoms with E-state index < -0.39 is 0 Å². The van der Waals surface area contributed by atoms with Gasteiger partial charge in [0.2, 0.25) is 0 Å². The molecular weight excluding hydrogens is 388 g/mol. The zero-order valence-corrected chi connectivity index (χ0v) is 18.9. The molecule has 0 aliphatic carbocycles. The van der Waals surface area contributed by atoms with Gasteiger partial charge in [0.1, 0.15) is 5.78 Å². The Morgan fingerprint density at radius 1 is 0.469 bits per heavy atom. The summed E-state index contributed by atoms with van der Waals surface area (Å²) in [6.07, 6.45) is 0.909. The largest absolute Gasteiger partial charge is 0.300 e. The van der Waals surface area contributed by atoms with Crippen molar-refractivity contribution in [1.29, 1.82) is 0 Å². The van der Waals surface area contributed by atoms with E-state index in [1.807, 2.05) is 24.3 Å². The number of benzene rings is 4. The van der Waals surface area contributed by atoms with Gasteiger partial charge in [0.15, 0.2) is 0 Å². The SMILES string of the molecule is CC(CC(=O)CC(C)(c1ccccc1)c1ccccc1)(c1ccccc1)c1ccccc1. The summed E-state index contributed by atoms with van der Waals surface area (Å²) in [7, 11) is 0. The third-order valence-electron chi connectivity index (χ3n) is 6.75. The van der Waals surface area contributed by atoms with Gasteiger partial charge in [-0.25, -0.2) is 0 Å². The van der Waals surface area contributed by atoms with Crippen LogP contribution in [0.15, 0.2) is 121 Å². The van der Waals surface area contributed by atoms with E-state index in [0.717, 1.165) is 0 Å². The van der Waals surface area contributed by atoms with Crippen LogP contribution in [-0.2, 0) is 15.6 Å². The summed E-state index contributed by atoms with van der Waals surface area (Å²) < 4.78 is 0. The molecule has 0 amide bonds. The van der Waals surface area contributed by atoms with Crippen molar-refractivity contribution >= 4 is 5.78 Å². The van der Waals surface area contributed by atoms with Gasteiger partial charge in [0.25, 0.3) is 0 Å². The number of carbonyl (C=O) groups excluding carboxylic acids is 1. The lowest BCUT2D eigenvalue weighted by molar-refractivity contribution is -0.120. The molecular formula is C31H30O. The second kappa shape index (κ2) is 9.36. The minimum absolute atomic E-state index is 0.260. The third-order valence-corrected chi connectivity index (χ3v) is 6.75. The van der Waals surface area contributed by atoms with Gasteiger partial charge in [-0.15, -0.1) is 0 Å². The standard InChI is InChI=1S/C31H30O/c1-30(25-15-7-3-8-16-25,26-17-9-4-10-18-26)23-29(32)24-31(2,27-19-11-5-12-20-27)28-21-13-6-14-22-28/h3-22H,23-24H2,1-2H3. The molecule has 0 spiro atoms. The number of hydrogen-bond acceptors (Lipinski definition) is 1. The molecule has 0 atom stereocenters. The second-order valence-corrected chi connectivity index (χ2v) is 9.02. The molecule has 0 radical (unpaired) electrons. The Morgan fingerprint density at radius 3 is 0.906 bits per heavy atom. The Hall–Kier alpha value is -3.45. The molecule has 0 bridgehead atoms. The fourth-order valence-corrected chi connectivity index (χ4v) is 4.82. The molecule has 0 fully saturated rings. The smallest absolute Gasteiger partial charge is 0.135 e. The first-order valence-corrected chi connectivity index (χ1v) is 11.3. The molecule has 1 nitrogen and oxygen atoms in total. The van der Waals surface area contributed by atoms with Crippen LogP contribution in [0.5, 0.6) is 0 Å². The highest BCUT2D eigenvalue weighted by Gasteiger charge is 2.36. The first kappa shape index (κ1) is 21.8. The lowest BCUT2D eigenvalue weighted by Gasteiger charge is -2.34. The van der Waals surface area contributed by atoms with Crippen LogP contribution in [0.1, 0.15) is 48.9 Å². The molecule has 0 saturated carbocycles. The number of hydrogen-bond donors (Lipinski definition) is 0. The Kier molecular flexibility index (Phi) is 6.37. The van der Waals surface area contributed by atoms with Crippen LogP contribution in [0.2, 0.25) is 0 Å². The number of ketones is 1. The lowest BCUT2D eigenvalue weighted by Crippen LogP contribution is -2.32. The van der Waals surface area contributed by atoms with Crippen LogP contribution in [0.25, 0.3) is 0 Å². The van der Waals surface area contributed by atoms with Crippen molar-refractivity contribution in [1.82, 2.24) is 0 Å². The summed E-state index contributed by atoms with van der Waals surface area (Å²) in [5.41, 5.74) is 3.91. The first-order valence-electron chi connectivity index (χ1n) is 11.3. The maximum absolute atomic E-state index is 13.8. The minimum Gasteiger partial charge on any atom is -0.300 e. The van der Waals surface area contributed by atoms with Crippen molar-refractivity contribution in [2.45, 2.75) is 37.5 Å². The Balaban J connectivity index is 1.70. The summed E-state index contributed by atoms with van der Waals surface area (Å²) >= 11 is 0. The molecule has 0 N–H and O–H groups in total. The van der Waals surface area contributed by atoms with E-state index in [4.69, 9.17) is 0 Å². The Morgan fingerprint density at radius 2 is 0.688 bits per heavy atom. The summed E-state index contributed by atoms with van der Waals surface area (Å²) in [5.74, 6) is 0.260. The quantitative estimate of drug-likeness (QED) is 0.292. The van der Waals surface area contributed by atoms with Gasteiger partial charge >= 0.3 is 0 Å². The topological polar surface area (TPSA) is 17.1 Å². The average Bonchev–Trinajstić information content (AvgIpc) is 2.86. The van der Waals surface area contributed by atoms with E-state index in [-0.39, 0.29) is 16.6 Å². The average molecular weight is 419 g/mol. The maximum Gasteiger partial charge on any atom is 0.135 e. The fourth-order valence-electron chi connectivity index (χ4n) is 4.82. The van der Waals surface area contributed by atoms with Crippen LogP contribution in [0, 0.1) is 0 Å². The molecule has 0 unspecified atom stereocenters. The normalized spacial score (nSPS) is 11.8. The van der Waals surface area contributed by atoms with Gasteiger partial charge in [-0.3, -0.25) is 4.79 Å². The van der Waals surface area contributed by atoms with E-state index >= 15 is 0 Å². The Bertz CT molecular complexity index is 960. The number of Topliss-reactive ketones (excluding diaryl/α,β-unsaturated/α-hetero) is 1. The van der Waals surface area contributed by atoms with E-state index in [2.05, 4.69) is 111 Å². The molecule has 1 heteroatoms. The van der Waals surface area contributed by atoms with Crippen LogP contribution >= 0.6 is 0 Å². The monoisotopic (exact) mass is 418 g/mol. The van der Waals surface area contributed by atoms with Crippen molar-refractivity contribution in [3.8, 4) is 0 Å². The van der Waals surface area contributed by atoms with Crippen LogP contribution in [0.4, 0.5) is 0 Å². The number of rotatable bonds is 8. The molecule has 160 valence electrons. The highest BCUT2D eigenvalue weighted by molar-refractivity contribution is 5.83. The second-order valence-electron chi connectivity index (χ2n) is 9.02. The zero-order chi connectivity index (χ0) is 22.4. The molecule has 0 aliphatic rings. The van der Waals surface area contributed by atoms with Crippen LogP contribution in [0.3, 0.4) is 0 Å². The van der Waals surface area contributed by atoms with Crippen molar-refractivity contribution < 1.29 is 4.79 Å². The molecule has 0 heterocycles. The predicted octanol–water partition coefficient (Wildman–Crippen LogP) is 7.35. The van der Waals surface area contributed by atoms with Gasteiger partial charge in [-0.1, -0.05) is 135 Å². The van der Waals surface area contributed by atoms with Gasteiger partial charge in [-0.05, 0) is 22.3 Å². The van der Waals surface area contributed by atoms with E-state index in [1.54, 1.807) is 0 Å². The minimum atomic E-state index is -0.381. The van der Waals surface area contributed by atoms with Crippen LogP contribution in [-0.4, -0.2) is 5.78 Å². The summed E-state index contributed by atoms with van der Waals surface area (Å²) in [6, 6.07) is 41.6. The maximum atomic E-state index is 13.8. The van der Waals surface area contributed by atoms with E-state index in [1.165, 1.54) is 22.3 Å². The van der Waals surface area contributed by atoms with Gasteiger partial charge in [0.05, 0.1) is 0 Å². The van der Waals surface area contributed by atoms with E-state index in [0.29, 0.717) is 12.8 Å². The summed E-state index contributed by atoms with van der Waals surface area (Å²) in [4.78, 5) is 13.8. The zero-order valence-electron chi connectivity index (χ0n) is 18.9. The van der Waals surface area contributed by atoms with E-state index in [9.17, 15) is 4.79 Å². The number of carbonyl (C=O) groups is 1. The fraction of sp³-hybridized carbons (Fsp3) is 0.194. The van der Waals surface area contributed by atoms with Crippen molar-refractivity contribution in [2.24, 2.45) is 0 Å². The van der Waals surface area contributed by atoms with Crippen molar-refractivity contribution in [3.63, 3.8) is 0 Å². The molecule has 0 aliphatic heterocycles. The molecule has 4 rings (SSSR count). The van der Waals surface area contributed by atoms with Gasteiger partial charge < -0.3 is 0 Å². The Labute approximate surface area is 191 Å². The molecule has 32 heavy (non-hydrogen) atoms. The predicted molar refractivity (Wildman–Crippen MR) is 133 cm³/mol. The third kappa shape index (κ3) is 4.43. The van der Waals surface area contributed by atoms with Gasteiger partial charge in [-0.2, -0.15) is 0 Å².